The van der Waals surface area contributed by atoms with Gasteiger partial charge in [0.2, 0.25) is 12.6 Å². The molecule has 0 saturated carbocycles. The highest BCUT2D eigenvalue weighted by atomic mass is 16.7. The maximum absolute atomic E-state index is 13.0. The first-order valence-electron chi connectivity index (χ1n) is 27.2. The number of carboxylic acids is 2. The molecule has 4 heterocycles. The number of rotatable bonds is 24. The second kappa shape index (κ2) is 29.4. The molecular weight excluding hydrogens is 1140 g/mol. The number of hydrogen-bond acceptors (Lipinski definition) is 22. The molecule has 0 aliphatic carbocycles. The Morgan fingerprint density at radius 3 is 1.35 bits per heavy atom. The van der Waals surface area contributed by atoms with E-state index in [4.69, 9.17) is 37.9 Å². The summed E-state index contributed by atoms with van der Waals surface area (Å²) in [4.78, 5) is 79.7. The van der Waals surface area contributed by atoms with Gasteiger partial charge < -0.3 is 110 Å². The van der Waals surface area contributed by atoms with Crippen molar-refractivity contribution in [3.8, 4) is 46.0 Å². The molecular formula is C58H68N4O24. The van der Waals surface area contributed by atoms with Crippen LogP contribution < -0.4 is 50.2 Å². The Labute approximate surface area is 489 Å². The van der Waals surface area contributed by atoms with Gasteiger partial charge in [0, 0.05) is 23.9 Å². The number of phenols is 2. The fraction of sp³-hybridized carbons (Fsp3) is 0.414. The largest absolute Gasteiger partial charge is 0.504 e. The molecule has 2 fully saturated rings. The SMILES string of the molecule is CCCCCOc1c(OC)ccc2cc(C(=O)NCc3ccc(O)c(OC4OC(C(=O)O)[C@H](O)C(O)C4O)c3)c(=O)[nH]c12.CCCCCOc1c(OC)ccc2cc(C(=O)NCc3ccc(OC4OC(C(=O)O)[C@H](O)C(O)C4O)c(O)c3)c(=O)[nH]c12. The number of phenolic OH excluding ortho intramolecular Hbond substituents is 2. The number of methoxy groups -OCH3 is 2. The first-order chi connectivity index (χ1) is 41.1. The van der Waals surface area contributed by atoms with E-state index in [-0.39, 0.29) is 35.7 Å². The topological polar surface area (TPSA) is 434 Å². The number of amides is 2. The molecule has 464 valence electrons. The van der Waals surface area contributed by atoms with E-state index < -0.39 is 108 Å². The van der Waals surface area contributed by atoms with Gasteiger partial charge in [0.05, 0.1) is 38.5 Å². The van der Waals surface area contributed by atoms with E-state index in [2.05, 4.69) is 34.4 Å². The summed E-state index contributed by atoms with van der Waals surface area (Å²) in [6.07, 6.45) is -12.8. The van der Waals surface area contributed by atoms with Crippen LogP contribution in [0.3, 0.4) is 0 Å². The van der Waals surface area contributed by atoms with Crippen molar-refractivity contribution in [2.24, 2.45) is 0 Å². The number of ether oxygens (including phenoxy) is 8. The minimum atomic E-state index is -1.91. The van der Waals surface area contributed by atoms with Crippen LogP contribution in [0.15, 0.2) is 82.4 Å². The maximum atomic E-state index is 13.0. The summed E-state index contributed by atoms with van der Waals surface area (Å²) in [5.74, 6) is -4.22. The van der Waals surface area contributed by atoms with Crippen molar-refractivity contribution in [1.82, 2.24) is 20.6 Å². The fourth-order valence-electron chi connectivity index (χ4n) is 9.10. The van der Waals surface area contributed by atoms with Crippen LogP contribution in [0.2, 0.25) is 0 Å². The fourth-order valence-corrected chi connectivity index (χ4v) is 9.10. The van der Waals surface area contributed by atoms with E-state index in [0.717, 1.165) is 38.5 Å². The normalized spacial score (nSPS) is 21.7. The summed E-state index contributed by atoms with van der Waals surface area (Å²) in [5, 5.41) is 105. The number of aromatic hydroxyl groups is 2. The molecule has 28 heteroatoms. The third-order valence-electron chi connectivity index (χ3n) is 13.9. The number of fused-ring (bicyclic) bond motifs is 2. The molecule has 8 rings (SSSR count). The summed E-state index contributed by atoms with van der Waals surface area (Å²) in [6.45, 7) is 4.81. The van der Waals surface area contributed by atoms with Crippen LogP contribution in [0, 0.1) is 0 Å². The van der Waals surface area contributed by atoms with E-state index in [1.54, 1.807) is 24.3 Å². The molecule has 6 aromatic rings. The lowest BCUT2D eigenvalue weighted by atomic mass is 9.99. The van der Waals surface area contributed by atoms with Gasteiger partial charge in [-0.15, -0.1) is 0 Å². The van der Waals surface area contributed by atoms with Crippen LogP contribution >= 0.6 is 0 Å². The Hall–Kier alpha value is -8.74. The lowest BCUT2D eigenvalue weighted by molar-refractivity contribution is -0.271. The van der Waals surface area contributed by atoms with Gasteiger partial charge in [-0.1, -0.05) is 51.7 Å². The Morgan fingerprint density at radius 2 is 0.930 bits per heavy atom. The number of unbranched alkanes of at least 4 members (excludes halogenated alkanes) is 4. The van der Waals surface area contributed by atoms with Gasteiger partial charge in [0.25, 0.3) is 22.9 Å². The molecule has 86 heavy (non-hydrogen) atoms. The number of carbonyl (C=O) groups excluding carboxylic acids is 2. The number of aromatic amines is 2. The summed E-state index contributed by atoms with van der Waals surface area (Å²) in [7, 11) is 2.98. The molecule has 2 aliphatic heterocycles. The summed E-state index contributed by atoms with van der Waals surface area (Å²) < 4.78 is 43.5. The zero-order valence-electron chi connectivity index (χ0n) is 47.0. The molecule has 8 unspecified atom stereocenters. The number of carboxylic acid groups (broad SMARTS) is 2. The molecule has 2 saturated heterocycles. The zero-order chi connectivity index (χ0) is 62.5. The Bertz CT molecular complexity index is 3500. The lowest BCUT2D eigenvalue weighted by Gasteiger charge is -2.38. The number of aliphatic carboxylic acids is 2. The highest BCUT2D eigenvalue weighted by Crippen LogP contribution is 2.37. The number of benzene rings is 4. The number of hydrogen-bond donors (Lipinski definition) is 14. The summed E-state index contributed by atoms with van der Waals surface area (Å²) in [6, 6.07) is 17.6. The number of aromatic nitrogens is 2. The van der Waals surface area contributed by atoms with Crippen molar-refractivity contribution in [3.05, 3.63) is 116 Å². The maximum Gasteiger partial charge on any atom is 0.335 e. The molecule has 10 atom stereocenters. The molecule has 4 aromatic carbocycles. The van der Waals surface area contributed by atoms with Crippen molar-refractivity contribution in [1.29, 1.82) is 0 Å². The number of nitrogens with one attached hydrogen (secondary N) is 4. The third-order valence-corrected chi connectivity index (χ3v) is 13.9. The van der Waals surface area contributed by atoms with Gasteiger partial charge in [-0.3, -0.25) is 19.2 Å². The average molecular weight is 1210 g/mol. The summed E-state index contributed by atoms with van der Waals surface area (Å²) in [5.41, 5.74) is 0.0179. The van der Waals surface area contributed by atoms with Gasteiger partial charge in [-0.05, 0) is 84.6 Å². The molecule has 2 amide bonds. The smallest absolute Gasteiger partial charge is 0.335 e. The van der Waals surface area contributed by atoms with Crippen LogP contribution in [-0.4, -0.2) is 174 Å². The van der Waals surface area contributed by atoms with E-state index in [1.807, 2.05) is 0 Å². The molecule has 0 spiro atoms. The monoisotopic (exact) mass is 1200 g/mol. The van der Waals surface area contributed by atoms with Crippen molar-refractivity contribution >= 4 is 45.6 Å². The number of aliphatic hydroxyl groups excluding tert-OH is 6. The Kier molecular flexibility index (Phi) is 22.1. The molecule has 2 aromatic heterocycles. The van der Waals surface area contributed by atoms with Crippen LogP contribution in [0.5, 0.6) is 46.0 Å². The molecule has 0 radical (unpaired) electrons. The van der Waals surface area contributed by atoms with Gasteiger partial charge in [-0.2, -0.15) is 0 Å². The molecule has 14 N–H and O–H groups in total. The van der Waals surface area contributed by atoms with E-state index >= 15 is 0 Å². The van der Waals surface area contributed by atoms with Gasteiger partial charge in [0.15, 0.2) is 58.2 Å². The van der Waals surface area contributed by atoms with Crippen molar-refractivity contribution in [2.45, 2.75) is 127 Å². The van der Waals surface area contributed by atoms with Crippen LogP contribution in [-0.2, 0) is 32.2 Å². The number of pyridine rings is 2. The number of carbonyl (C=O) groups is 4. The Morgan fingerprint density at radius 1 is 0.512 bits per heavy atom. The first kappa shape index (κ1) is 64.8. The standard InChI is InChI=1S/2C29H34N2O12/c1-3-4-5-10-41-24-19(40-2)9-7-15-12-16(27(37)31-20(15)24)26(36)30-13-14-6-8-18(17(32)11-14)42-29-23(35)21(33)22(34)25(43-29)28(38)39;1-3-4-5-10-41-24-18(40-2)9-7-15-12-16(27(37)31-20(15)24)26(36)30-13-14-6-8-17(32)19(11-14)42-29-23(35)21(33)22(34)25(43-29)28(38)39/h2*6-9,11-12,21-23,25,29,32-35H,3-5,10,13H2,1-2H3,(H,30,36)(H,31,37)(H,38,39)/t2*21?,22-,23?,25?,29?/m11/s1. The third kappa shape index (κ3) is 15.2. The highest BCUT2D eigenvalue weighted by Gasteiger charge is 2.49. The zero-order valence-corrected chi connectivity index (χ0v) is 47.0. The quantitative estimate of drug-likeness (QED) is 0.0385. The minimum absolute atomic E-state index is 0.0902. The average Bonchev–Trinajstić information content (AvgIpc) is 1.57. The van der Waals surface area contributed by atoms with Crippen molar-refractivity contribution < 1.29 is 108 Å². The van der Waals surface area contributed by atoms with Gasteiger partial charge in [-0.25, -0.2) is 9.59 Å². The predicted molar refractivity (Wildman–Crippen MR) is 301 cm³/mol. The molecule has 2 aliphatic rings. The predicted octanol–water partition coefficient (Wildman–Crippen LogP) is 2.02. The second-order valence-corrected chi connectivity index (χ2v) is 19.9. The van der Waals surface area contributed by atoms with Gasteiger partial charge >= 0.3 is 11.9 Å². The van der Waals surface area contributed by atoms with Crippen LogP contribution in [0.25, 0.3) is 21.8 Å². The van der Waals surface area contributed by atoms with E-state index in [0.29, 0.717) is 69.1 Å². The van der Waals surface area contributed by atoms with E-state index in [9.17, 15) is 79.8 Å². The number of aliphatic hydroxyl groups is 6. The lowest BCUT2D eigenvalue weighted by Crippen LogP contribution is -2.61. The van der Waals surface area contributed by atoms with Gasteiger partial charge in [0.1, 0.15) is 47.8 Å². The highest BCUT2D eigenvalue weighted by molar-refractivity contribution is 5.99. The summed E-state index contributed by atoms with van der Waals surface area (Å²) >= 11 is 0. The number of H-pyrrole nitrogens is 2. The van der Waals surface area contributed by atoms with Crippen LogP contribution in [0.4, 0.5) is 0 Å². The van der Waals surface area contributed by atoms with E-state index in [1.165, 1.54) is 62.8 Å². The van der Waals surface area contributed by atoms with Crippen molar-refractivity contribution in [3.63, 3.8) is 0 Å². The first-order valence-corrected chi connectivity index (χ1v) is 27.2. The molecule has 0 bridgehead atoms. The molecule has 28 nitrogen and oxygen atoms in total. The second-order valence-electron chi connectivity index (χ2n) is 19.9. The van der Waals surface area contributed by atoms with Crippen molar-refractivity contribution in [2.75, 3.05) is 27.4 Å². The van der Waals surface area contributed by atoms with Crippen LogP contribution in [0.1, 0.15) is 84.2 Å². The minimum Gasteiger partial charge on any atom is -0.504 e. The Balaban J connectivity index is 0.000000246.